The summed E-state index contributed by atoms with van der Waals surface area (Å²) in [5, 5.41) is 3.01. The monoisotopic (exact) mass is 273 g/mol. The average molecular weight is 273 g/mol. The van der Waals surface area contributed by atoms with Crippen molar-refractivity contribution in [3.05, 3.63) is 45.9 Å². The Kier molecular flexibility index (Phi) is 3.56. The molecule has 1 aliphatic carbocycles. The van der Waals surface area contributed by atoms with Crippen LogP contribution in [0.2, 0.25) is 0 Å². The van der Waals surface area contributed by atoms with Crippen molar-refractivity contribution in [2.24, 2.45) is 5.92 Å². The maximum atomic E-state index is 5.83. The Morgan fingerprint density at radius 2 is 2.26 bits per heavy atom. The number of aryl methyl sites for hydroxylation is 1. The molecule has 0 aliphatic heterocycles. The molecule has 1 aromatic heterocycles. The maximum Gasteiger partial charge on any atom is 0.140 e. The van der Waals surface area contributed by atoms with E-state index >= 15 is 0 Å². The van der Waals surface area contributed by atoms with E-state index in [1.165, 1.54) is 24.0 Å². The van der Waals surface area contributed by atoms with Crippen molar-refractivity contribution >= 4 is 11.3 Å². The van der Waals surface area contributed by atoms with E-state index in [2.05, 4.69) is 37.0 Å². The third-order valence-corrected chi connectivity index (χ3v) is 4.93. The van der Waals surface area contributed by atoms with E-state index in [0.717, 1.165) is 16.7 Å². The van der Waals surface area contributed by atoms with Gasteiger partial charge >= 0.3 is 0 Å². The van der Waals surface area contributed by atoms with Gasteiger partial charge in [0.25, 0.3) is 0 Å². The number of hydrogen-bond acceptors (Lipinski definition) is 3. The Labute approximate surface area is 118 Å². The molecule has 1 heterocycles. The quantitative estimate of drug-likeness (QED) is 0.826. The molecule has 1 aliphatic rings. The summed E-state index contributed by atoms with van der Waals surface area (Å²) in [7, 11) is 0. The first-order valence-corrected chi connectivity index (χ1v) is 7.76. The molecule has 3 heteroatoms. The lowest BCUT2D eigenvalue weighted by molar-refractivity contribution is 0.304. The first-order chi connectivity index (χ1) is 9.24. The molecule has 2 atom stereocenters. The van der Waals surface area contributed by atoms with Crippen LogP contribution in [0, 0.1) is 5.92 Å². The van der Waals surface area contributed by atoms with Gasteiger partial charge in [-0.05, 0) is 47.9 Å². The number of rotatable bonds is 3. The molecule has 1 aromatic carbocycles. The van der Waals surface area contributed by atoms with E-state index in [9.17, 15) is 0 Å². The van der Waals surface area contributed by atoms with E-state index in [-0.39, 0.29) is 0 Å². The van der Waals surface area contributed by atoms with Gasteiger partial charge in [0.2, 0.25) is 0 Å². The summed E-state index contributed by atoms with van der Waals surface area (Å²) in [5.74, 6) is 2.42. The van der Waals surface area contributed by atoms with Crippen molar-refractivity contribution < 1.29 is 4.74 Å². The molecule has 3 rings (SSSR count). The third-order valence-electron chi connectivity index (χ3n) is 4.17. The van der Waals surface area contributed by atoms with Crippen molar-refractivity contribution in [3.63, 3.8) is 0 Å². The summed E-state index contributed by atoms with van der Waals surface area (Å²) in [6, 6.07) is 6.55. The Balaban J connectivity index is 1.74. The van der Waals surface area contributed by atoms with Crippen LogP contribution in [-0.2, 0) is 13.0 Å². The molecule has 0 N–H and O–H groups in total. The van der Waals surface area contributed by atoms with Crippen molar-refractivity contribution in [2.75, 3.05) is 0 Å². The Hall–Kier alpha value is -1.35. The minimum absolute atomic E-state index is 0.572. The predicted molar refractivity (Wildman–Crippen MR) is 78.8 cm³/mol. The molecule has 2 unspecified atom stereocenters. The smallest absolute Gasteiger partial charge is 0.140 e. The molecule has 2 nitrogen and oxygen atoms in total. The van der Waals surface area contributed by atoms with Crippen LogP contribution < -0.4 is 4.74 Å². The number of thiazole rings is 1. The zero-order valence-corrected chi connectivity index (χ0v) is 12.2. The highest BCUT2D eigenvalue weighted by Crippen LogP contribution is 2.37. The topological polar surface area (TPSA) is 22.1 Å². The Morgan fingerprint density at radius 3 is 3.05 bits per heavy atom. The van der Waals surface area contributed by atoms with Gasteiger partial charge in [-0.2, -0.15) is 0 Å². The van der Waals surface area contributed by atoms with Gasteiger partial charge < -0.3 is 4.74 Å². The van der Waals surface area contributed by atoms with E-state index in [4.69, 9.17) is 4.74 Å². The Morgan fingerprint density at radius 1 is 1.37 bits per heavy atom. The lowest BCUT2D eigenvalue weighted by Gasteiger charge is -2.28. The number of aromatic nitrogens is 1. The molecule has 19 heavy (non-hydrogen) atoms. The summed E-state index contributed by atoms with van der Waals surface area (Å²) < 4.78 is 5.83. The fraction of sp³-hybridized carbons (Fsp3) is 0.438. The van der Waals surface area contributed by atoms with E-state index < -0.39 is 0 Å². The van der Waals surface area contributed by atoms with E-state index in [1.807, 2.05) is 11.6 Å². The molecule has 0 spiro atoms. The van der Waals surface area contributed by atoms with Crippen molar-refractivity contribution in [3.8, 4) is 5.75 Å². The molecular weight excluding hydrogens is 254 g/mol. The molecule has 0 radical (unpaired) electrons. The van der Waals surface area contributed by atoms with Gasteiger partial charge in [0.05, 0.1) is 0 Å². The summed E-state index contributed by atoms with van der Waals surface area (Å²) in [5.41, 5.74) is 2.96. The Bertz CT molecular complexity index is 550. The van der Waals surface area contributed by atoms with Crippen LogP contribution >= 0.6 is 11.3 Å². The van der Waals surface area contributed by atoms with Crippen LogP contribution in [0.5, 0.6) is 5.75 Å². The number of fused-ring (bicyclic) bond motifs is 1. The number of hydrogen-bond donors (Lipinski definition) is 0. The van der Waals surface area contributed by atoms with Gasteiger partial charge in [0.15, 0.2) is 0 Å². The molecule has 0 saturated carbocycles. The summed E-state index contributed by atoms with van der Waals surface area (Å²) in [4.78, 5) is 4.23. The minimum Gasteiger partial charge on any atom is -0.486 e. The van der Waals surface area contributed by atoms with Crippen molar-refractivity contribution in [1.29, 1.82) is 0 Å². The van der Waals surface area contributed by atoms with E-state index in [1.54, 1.807) is 11.3 Å². The summed E-state index contributed by atoms with van der Waals surface area (Å²) >= 11 is 1.64. The van der Waals surface area contributed by atoms with Crippen LogP contribution in [0.3, 0.4) is 0 Å². The average Bonchev–Trinajstić information content (AvgIpc) is 2.94. The van der Waals surface area contributed by atoms with Gasteiger partial charge in [0.1, 0.15) is 17.4 Å². The van der Waals surface area contributed by atoms with Crippen LogP contribution in [0.15, 0.2) is 29.8 Å². The second-order valence-electron chi connectivity index (χ2n) is 5.38. The SMILES string of the molecule is CC1CCc2cc(OCc3nccs3)ccc2C1C. The van der Waals surface area contributed by atoms with Gasteiger partial charge in [-0.3, -0.25) is 0 Å². The van der Waals surface area contributed by atoms with Gasteiger partial charge in [0, 0.05) is 11.6 Å². The molecule has 0 amide bonds. The van der Waals surface area contributed by atoms with Crippen molar-refractivity contribution in [1.82, 2.24) is 4.98 Å². The molecule has 0 fully saturated rings. The minimum atomic E-state index is 0.572. The first kappa shape index (κ1) is 12.7. The number of benzene rings is 1. The lowest BCUT2D eigenvalue weighted by atomic mass is 9.77. The number of nitrogens with zero attached hydrogens (tertiary/aromatic N) is 1. The second kappa shape index (κ2) is 5.33. The summed E-state index contributed by atoms with van der Waals surface area (Å²) in [6.07, 6.45) is 4.28. The van der Waals surface area contributed by atoms with E-state index in [0.29, 0.717) is 12.5 Å². The van der Waals surface area contributed by atoms with Crippen LogP contribution in [0.4, 0.5) is 0 Å². The first-order valence-electron chi connectivity index (χ1n) is 6.88. The van der Waals surface area contributed by atoms with Gasteiger partial charge in [-0.25, -0.2) is 4.98 Å². The van der Waals surface area contributed by atoms with Crippen LogP contribution in [0.25, 0.3) is 0 Å². The van der Waals surface area contributed by atoms with Crippen LogP contribution in [-0.4, -0.2) is 4.98 Å². The highest BCUT2D eigenvalue weighted by Gasteiger charge is 2.22. The maximum absolute atomic E-state index is 5.83. The number of ether oxygens (including phenoxy) is 1. The predicted octanol–water partition coefficient (Wildman–Crippen LogP) is 4.41. The molecule has 2 aromatic rings. The van der Waals surface area contributed by atoms with Crippen molar-refractivity contribution in [2.45, 2.75) is 39.2 Å². The normalized spacial score (nSPS) is 22.0. The molecule has 0 saturated heterocycles. The highest BCUT2D eigenvalue weighted by atomic mass is 32.1. The third kappa shape index (κ3) is 2.66. The zero-order chi connectivity index (χ0) is 13.2. The van der Waals surface area contributed by atoms with Gasteiger partial charge in [-0.1, -0.05) is 19.9 Å². The molecule has 100 valence electrons. The fourth-order valence-corrected chi connectivity index (χ4v) is 3.27. The van der Waals surface area contributed by atoms with Crippen LogP contribution in [0.1, 0.15) is 42.3 Å². The second-order valence-corrected chi connectivity index (χ2v) is 6.36. The van der Waals surface area contributed by atoms with Gasteiger partial charge in [-0.15, -0.1) is 11.3 Å². The highest BCUT2D eigenvalue weighted by molar-refractivity contribution is 7.09. The summed E-state index contributed by atoms with van der Waals surface area (Å²) in [6.45, 7) is 5.25. The molecule has 0 bridgehead atoms. The lowest BCUT2D eigenvalue weighted by Crippen LogP contribution is -2.15. The standard InChI is InChI=1S/C16H19NOS/c1-11-3-4-13-9-14(5-6-15(13)12(11)2)18-10-16-17-7-8-19-16/h5-9,11-12H,3-4,10H2,1-2H3. The molecular formula is C16H19NOS. The zero-order valence-electron chi connectivity index (χ0n) is 11.4. The fourth-order valence-electron chi connectivity index (χ4n) is 2.74. The largest absolute Gasteiger partial charge is 0.486 e.